The van der Waals surface area contributed by atoms with Crippen LogP contribution in [0.5, 0.6) is 11.5 Å². The van der Waals surface area contributed by atoms with Crippen molar-refractivity contribution in [2.75, 3.05) is 61.4 Å². The molecule has 0 aliphatic carbocycles. The van der Waals surface area contributed by atoms with E-state index in [1.807, 2.05) is 0 Å². The van der Waals surface area contributed by atoms with Crippen molar-refractivity contribution < 1.29 is 97.4 Å². The summed E-state index contributed by atoms with van der Waals surface area (Å²) in [6.45, 7) is 0.308. The van der Waals surface area contributed by atoms with Gasteiger partial charge in [0, 0.05) is 109 Å². The maximum Gasteiger partial charge on any atom is 0.337 e. The molecule has 10 rings (SSSR count). The Morgan fingerprint density at radius 3 is 1.71 bits per heavy atom. The summed E-state index contributed by atoms with van der Waals surface area (Å²) in [5.41, 5.74) is 2.95. The molecule has 9 N–H and O–H groups in total. The summed E-state index contributed by atoms with van der Waals surface area (Å²) in [5, 5.41) is 72.3. The van der Waals surface area contributed by atoms with Crippen molar-refractivity contribution in [3.05, 3.63) is 125 Å². The van der Waals surface area contributed by atoms with Crippen molar-refractivity contribution >= 4 is 122 Å². The van der Waals surface area contributed by atoms with Crippen molar-refractivity contribution in [3.8, 4) is 11.5 Å². The highest BCUT2D eigenvalue weighted by atomic mass is 35.5. The van der Waals surface area contributed by atoms with Crippen LogP contribution in [0.4, 0.5) is 17.1 Å². The highest BCUT2D eigenvalue weighted by Crippen LogP contribution is 2.48. The molecule has 0 radical (unpaired) electrons. The maximum absolute atomic E-state index is 14.6. The van der Waals surface area contributed by atoms with E-state index < -0.39 is 97.1 Å². The highest BCUT2D eigenvalue weighted by molar-refractivity contribution is 6.19. The number of halogens is 2. The van der Waals surface area contributed by atoms with Crippen LogP contribution in [0.1, 0.15) is 66.3 Å². The van der Waals surface area contributed by atoms with Crippen molar-refractivity contribution in [1.82, 2.24) is 15.1 Å². The predicted molar refractivity (Wildman–Crippen MR) is 332 cm³/mol. The number of carbonyl (C=O) groups is 8. The number of ether oxygens (including phenoxy) is 6. The third-order valence-electron chi connectivity index (χ3n) is 16.5. The molecule has 12 unspecified atom stereocenters. The largest absolute Gasteiger partial charge is 0.467 e. The van der Waals surface area contributed by atoms with Gasteiger partial charge in [-0.1, -0.05) is 67.1 Å². The quantitative estimate of drug-likeness (QED) is 0.0120. The van der Waals surface area contributed by atoms with Gasteiger partial charge in [0.15, 0.2) is 12.2 Å². The van der Waals surface area contributed by atoms with Crippen molar-refractivity contribution in [2.24, 2.45) is 0 Å². The molecule has 2 fully saturated rings. The lowest BCUT2D eigenvalue weighted by molar-refractivity contribution is -0.271. The number of anilines is 3. The zero-order valence-electron chi connectivity index (χ0n) is 49.5. The minimum Gasteiger partial charge on any atom is -0.467 e. The van der Waals surface area contributed by atoms with Crippen LogP contribution >= 0.6 is 23.4 Å². The summed E-state index contributed by atoms with van der Waals surface area (Å²) >= 11 is 12.9. The third-order valence-corrected chi connectivity index (χ3v) is 17.2. The smallest absolute Gasteiger partial charge is 0.337 e. The number of rotatable bonds is 22. The Labute approximate surface area is 535 Å². The van der Waals surface area contributed by atoms with E-state index in [-0.39, 0.29) is 85.7 Å². The average Bonchev–Trinajstić information content (AvgIpc) is 1.54. The van der Waals surface area contributed by atoms with Gasteiger partial charge < -0.3 is 79.5 Å². The molecule has 0 saturated carbocycles. The normalized spacial score (nSPS) is 25.2. The first-order chi connectivity index (χ1) is 44.2. The van der Waals surface area contributed by atoms with E-state index in [0.29, 0.717) is 74.4 Å². The predicted octanol–water partition coefficient (Wildman–Crippen LogP) is 2.87. The van der Waals surface area contributed by atoms with E-state index in [0.717, 1.165) is 19.1 Å². The average molecular weight is 1310 g/mol. The number of carbonyl (C=O) groups excluding carboxylic acids is 8. The fourth-order valence-electron chi connectivity index (χ4n) is 11.8. The minimum atomic E-state index is -1.88. The van der Waals surface area contributed by atoms with Crippen LogP contribution in [0.3, 0.4) is 0 Å². The van der Waals surface area contributed by atoms with Gasteiger partial charge in [-0.2, -0.15) is 0 Å². The summed E-state index contributed by atoms with van der Waals surface area (Å²) in [7, 11) is 2.12. The molecule has 6 amide bonds. The van der Waals surface area contributed by atoms with Gasteiger partial charge in [0.05, 0.1) is 31.6 Å². The van der Waals surface area contributed by atoms with Crippen LogP contribution in [-0.2, 0) is 57.3 Å². The van der Waals surface area contributed by atoms with Gasteiger partial charge in [-0.15, -0.1) is 11.6 Å². The molecule has 2 saturated heterocycles. The minimum absolute atomic E-state index is 0.00109. The van der Waals surface area contributed by atoms with Crippen LogP contribution in [-0.4, -0.2) is 191 Å². The number of methoxy groups -OCH3 is 2. The number of imide groups is 1. The molecular formula is C64H66Cl2N6O20. The molecule has 26 nitrogen and oxygen atoms in total. The number of hydrogen-bond acceptors (Lipinski definition) is 21. The van der Waals surface area contributed by atoms with E-state index in [2.05, 4.69) is 15.5 Å². The lowest BCUT2D eigenvalue weighted by Crippen LogP contribution is -2.61. The highest BCUT2D eigenvalue weighted by Gasteiger charge is 2.50. The fraction of sp³-hybridized carbons (Fsp3) is 0.375. The van der Waals surface area contributed by atoms with E-state index in [1.54, 1.807) is 72.8 Å². The number of benzene rings is 5. The molecule has 28 heteroatoms. The van der Waals surface area contributed by atoms with Crippen molar-refractivity contribution in [1.29, 1.82) is 0 Å². The van der Waals surface area contributed by atoms with E-state index in [9.17, 15) is 69.0 Å². The summed E-state index contributed by atoms with van der Waals surface area (Å²) in [4.78, 5) is 111. The number of nitrogens with zero attached hydrogens (tertiary/aromatic N) is 3. The number of nitrogens with one attached hydrogen (secondary N) is 3. The monoisotopic (exact) mass is 1310 g/mol. The molecule has 5 aromatic rings. The van der Waals surface area contributed by atoms with Crippen LogP contribution in [0.2, 0.25) is 0 Å². The molecule has 5 aliphatic heterocycles. The molecule has 486 valence electrons. The number of fused-ring (bicyclic) bond motifs is 6. The Hall–Kier alpha value is -8.38. The SMILES string of the molecule is COC(=O)C1OC(Oc2cc3c(c4ccccc24)C(CCl)CN3C(=O)C=Cc2ccc(C=CC(=O)N3CC(NCl)c4c3cc(OC3OC(C(=O)OC)C(O)C(O)C3O)c3ccccc43)c(NC(=O)CCNC(=O)CCCCCN3C(=O)C=CC3=O)c2)C(O)C(O)C1O. The number of alkyl halides is 1. The second-order valence-corrected chi connectivity index (χ2v) is 22.9. The van der Waals surface area contributed by atoms with E-state index in [4.69, 9.17) is 51.8 Å². The first-order valence-electron chi connectivity index (χ1n) is 29.4. The zero-order valence-corrected chi connectivity index (χ0v) is 51.0. The van der Waals surface area contributed by atoms with E-state index in [1.165, 1.54) is 52.3 Å². The lowest BCUT2D eigenvalue weighted by Gasteiger charge is -2.39. The van der Waals surface area contributed by atoms with Gasteiger partial charge in [0.2, 0.25) is 24.4 Å². The number of esters is 2. The summed E-state index contributed by atoms with van der Waals surface area (Å²) in [6, 6.07) is 21.2. The summed E-state index contributed by atoms with van der Waals surface area (Å²) in [5.74, 6) is -4.85. The Kier molecular flexibility index (Phi) is 21.0. The Balaban J connectivity index is 0.902. The van der Waals surface area contributed by atoms with Gasteiger partial charge in [0.1, 0.15) is 48.1 Å². The molecule has 0 aromatic heterocycles. The van der Waals surface area contributed by atoms with Crippen LogP contribution in [0.25, 0.3) is 33.7 Å². The fourth-order valence-corrected chi connectivity index (χ4v) is 12.2. The third kappa shape index (κ3) is 13.9. The second kappa shape index (κ2) is 29.1. The molecule has 5 aromatic carbocycles. The first kappa shape index (κ1) is 66.5. The maximum atomic E-state index is 14.6. The second-order valence-electron chi connectivity index (χ2n) is 22.3. The van der Waals surface area contributed by atoms with Crippen molar-refractivity contribution in [2.45, 2.75) is 105 Å². The number of hydrogen-bond donors (Lipinski definition) is 9. The molecule has 92 heavy (non-hydrogen) atoms. The Morgan fingerprint density at radius 1 is 0.620 bits per heavy atom. The van der Waals surface area contributed by atoms with Crippen LogP contribution in [0.15, 0.2) is 103 Å². The lowest BCUT2D eigenvalue weighted by atomic mass is 9.95. The van der Waals surface area contributed by atoms with Crippen LogP contribution < -0.4 is 34.7 Å². The molecular weight excluding hydrogens is 1240 g/mol. The van der Waals surface area contributed by atoms with Gasteiger partial charge in [0.25, 0.3) is 23.6 Å². The summed E-state index contributed by atoms with van der Waals surface area (Å²) < 4.78 is 33.1. The van der Waals surface area contributed by atoms with Gasteiger partial charge in [-0.3, -0.25) is 33.7 Å². The number of aliphatic hydroxyl groups excluding tert-OH is 6. The first-order valence-corrected chi connectivity index (χ1v) is 30.3. The number of unbranched alkanes of at least 4 members (excludes halogenated alkanes) is 2. The molecule has 5 heterocycles. The number of amides is 6. The zero-order chi connectivity index (χ0) is 65.7. The molecule has 12 atom stereocenters. The Bertz CT molecular complexity index is 3770. The molecule has 0 bridgehead atoms. The molecule has 0 spiro atoms. The van der Waals surface area contributed by atoms with E-state index >= 15 is 0 Å². The molecule has 5 aliphatic rings. The van der Waals surface area contributed by atoms with Crippen molar-refractivity contribution in [3.63, 3.8) is 0 Å². The van der Waals surface area contributed by atoms with Gasteiger partial charge >= 0.3 is 11.9 Å². The topological polar surface area (TPSA) is 359 Å². The standard InChI is InChI=1S/C64H66Cl2N6O20/c1-87-61(85)59-55(81)53(79)57(83)63(91-59)89-43-27-41-51(37-12-7-5-10-35(37)43)34(29-65)30-71(41)49(77)19-16-32-15-17-33(39(26-32)68-46(74)23-24-67-45(73)14-4-3-9-25-70-47(75)21-22-48(70)76)18-20-50(78)72-31-40(69-66)52-38-13-8-6-11-36(38)44(28-42(52)72)90-64-58(84)54(80)56(82)60(92-64)62(86)88-2/h5-8,10-13,15-22,26-28,34,40,53-60,63-64,69,79-84H,3-4,9,14,23-25,29-31H2,1-2H3,(H,67,73)(H,68,74). The van der Waals surface area contributed by atoms with Crippen LogP contribution in [0, 0.1) is 0 Å². The number of aliphatic hydroxyl groups is 6. The Morgan fingerprint density at radius 2 is 1.15 bits per heavy atom. The van der Waals surface area contributed by atoms with Gasteiger partial charge in [-0.05, 0) is 70.3 Å². The summed E-state index contributed by atoms with van der Waals surface area (Å²) in [6.07, 6.45) is -8.49. The van der Waals surface area contributed by atoms with Gasteiger partial charge in [-0.25, -0.2) is 14.4 Å².